The Bertz CT molecular complexity index is 545. The fraction of sp³-hybridized carbons (Fsp3) is 0. The third-order valence-electron chi connectivity index (χ3n) is 2.19. The summed E-state index contributed by atoms with van der Waals surface area (Å²) in [5.74, 6) is 0. The molecule has 0 fully saturated rings. The smallest absolute Gasteiger partial charge is 0.188 e. The molecule has 3 aliphatic rings. The van der Waals surface area contributed by atoms with Crippen molar-refractivity contribution in [1.29, 1.82) is 0 Å². The zero-order valence-corrected chi connectivity index (χ0v) is 6.63. The first-order chi connectivity index (χ1) is 6.36. The molecule has 2 aliphatic carbocycles. The molecule has 0 radical (unpaired) electrons. The average Bonchev–Trinajstić information content (AvgIpc) is 2.62. The monoisotopic (exact) mass is 174 g/mol. The van der Waals surface area contributed by atoms with E-state index in [1.54, 1.807) is 12.1 Å². The second kappa shape index (κ2) is 2.04. The Labute approximate surface area is 72.8 Å². The highest BCUT2D eigenvalue weighted by atomic mass is 16.6. The Kier molecular flexibility index (Phi) is 1.02. The highest BCUT2D eigenvalue weighted by Gasteiger charge is 2.19. The van der Waals surface area contributed by atoms with Crippen molar-refractivity contribution >= 4 is 0 Å². The van der Waals surface area contributed by atoms with E-state index < -0.39 is 0 Å². The molecule has 0 aromatic carbocycles. The van der Waals surface area contributed by atoms with Crippen LogP contribution in [0.2, 0.25) is 0 Å². The molecule has 4 heteroatoms. The Morgan fingerprint density at radius 2 is 2.15 bits per heavy atom. The Morgan fingerprint density at radius 1 is 1.23 bits per heavy atom. The average molecular weight is 174 g/mol. The van der Waals surface area contributed by atoms with E-state index in [2.05, 4.69) is 10.3 Å². The van der Waals surface area contributed by atoms with Crippen molar-refractivity contribution in [2.24, 2.45) is 0 Å². The van der Waals surface area contributed by atoms with E-state index in [9.17, 15) is 4.79 Å². The van der Waals surface area contributed by atoms with Gasteiger partial charge in [0.1, 0.15) is 11.4 Å². The summed E-state index contributed by atoms with van der Waals surface area (Å²) in [4.78, 5) is 11.5. The molecule has 0 aromatic rings. The summed E-state index contributed by atoms with van der Waals surface area (Å²) < 4.78 is 4.78. The summed E-state index contributed by atoms with van der Waals surface area (Å²) in [5.41, 5.74) is 3.18. The van der Waals surface area contributed by atoms with Gasteiger partial charge in [-0.1, -0.05) is 12.1 Å². The van der Waals surface area contributed by atoms with E-state index in [0.29, 0.717) is 5.56 Å². The van der Waals surface area contributed by atoms with Gasteiger partial charge in [-0.05, 0) is 17.7 Å². The SMILES string of the molecule is O=c1cccc2cc3[nH]o[nH]c-3c1-2. The van der Waals surface area contributed by atoms with Gasteiger partial charge >= 0.3 is 0 Å². The van der Waals surface area contributed by atoms with Gasteiger partial charge in [0.15, 0.2) is 5.43 Å². The summed E-state index contributed by atoms with van der Waals surface area (Å²) in [7, 11) is 0. The summed E-state index contributed by atoms with van der Waals surface area (Å²) in [6, 6.07) is 7.08. The topological polar surface area (TPSA) is 61.8 Å². The lowest BCUT2D eigenvalue weighted by atomic mass is 10.1. The molecule has 13 heavy (non-hydrogen) atoms. The van der Waals surface area contributed by atoms with Crippen molar-refractivity contribution in [3.05, 3.63) is 34.5 Å². The van der Waals surface area contributed by atoms with Gasteiger partial charge in [0, 0.05) is 0 Å². The second-order valence-corrected chi connectivity index (χ2v) is 2.96. The van der Waals surface area contributed by atoms with E-state index in [1.165, 1.54) is 0 Å². The minimum Gasteiger partial charge on any atom is -0.296 e. The summed E-state index contributed by atoms with van der Waals surface area (Å²) >= 11 is 0. The fourth-order valence-electron chi connectivity index (χ4n) is 1.62. The first-order valence-corrected chi connectivity index (χ1v) is 3.93. The summed E-state index contributed by atoms with van der Waals surface area (Å²) in [6.07, 6.45) is 0. The van der Waals surface area contributed by atoms with Gasteiger partial charge in [-0.3, -0.25) is 9.42 Å². The highest BCUT2D eigenvalue weighted by molar-refractivity contribution is 5.85. The molecule has 2 N–H and O–H groups in total. The lowest BCUT2D eigenvalue weighted by Crippen LogP contribution is -2.01. The lowest BCUT2D eigenvalue weighted by Gasteiger charge is -1.93. The van der Waals surface area contributed by atoms with Crippen LogP contribution in [0.1, 0.15) is 0 Å². The maximum atomic E-state index is 11.5. The number of aromatic nitrogens is 2. The highest BCUT2D eigenvalue weighted by Crippen LogP contribution is 2.33. The van der Waals surface area contributed by atoms with Crippen LogP contribution in [0.4, 0.5) is 0 Å². The van der Waals surface area contributed by atoms with Crippen molar-refractivity contribution in [3.63, 3.8) is 0 Å². The zero-order valence-electron chi connectivity index (χ0n) is 6.63. The number of fused-ring (bicyclic) bond motifs is 3. The standard InChI is InChI=1S/C9H6N2O2/c12-7-3-1-2-5-4-6-9(8(5)7)11-13-10-6/h1-4,10-11H. The molecule has 64 valence electrons. The molecule has 0 saturated heterocycles. The van der Waals surface area contributed by atoms with E-state index >= 15 is 0 Å². The summed E-state index contributed by atoms with van der Waals surface area (Å²) in [6.45, 7) is 0. The number of rotatable bonds is 0. The minimum atomic E-state index is 0.0125. The number of nitrogens with one attached hydrogen (secondary N) is 2. The van der Waals surface area contributed by atoms with Gasteiger partial charge < -0.3 is 0 Å². The van der Waals surface area contributed by atoms with Crippen LogP contribution in [0.15, 0.2) is 33.7 Å². The van der Waals surface area contributed by atoms with Crippen LogP contribution in [0.25, 0.3) is 22.5 Å². The van der Waals surface area contributed by atoms with E-state index in [1.807, 2.05) is 12.1 Å². The molecule has 0 bridgehead atoms. The first kappa shape index (κ1) is 6.54. The Hall–Kier alpha value is -1.97. The number of aromatic amines is 2. The third-order valence-corrected chi connectivity index (χ3v) is 2.19. The zero-order chi connectivity index (χ0) is 8.84. The van der Waals surface area contributed by atoms with Gasteiger partial charge in [-0.15, -0.1) is 0 Å². The third kappa shape index (κ3) is 0.717. The molecule has 4 nitrogen and oxygen atoms in total. The Balaban J connectivity index is 2.58. The van der Waals surface area contributed by atoms with Gasteiger partial charge in [0.05, 0.1) is 5.56 Å². The molecule has 0 spiro atoms. The normalized spacial score (nSPS) is 11.4. The van der Waals surface area contributed by atoms with Crippen LogP contribution in [0.5, 0.6) is 0 Å². The van der Waals surface area contributed by atoms with Gasteiger partial charge in [0.25, 0.3) is 0 Å². The number of hydrogen-bond donors (Lipinski definition) is 2. The molecular weight excluding hydrogens is 168 g/mol. The van der Waals surface area contributed by atoms with Crippen molar-refractivity contribution in [1.82, 2.24) is 10.3 Å². The maximum Gasteiger partial charge on any atom is 0.188 e. The van der Waals surface area contributed by atoms with Crippen LogP contribution < -0.4 is 5.43 Å². The second-order valence-electron chi connectivity index (χ2n) is 2.96. The van der Waals surface area contributed by atoms with E-state index in [-0.39, 0.29) is 5.43 Å². The number of H-pyrrole nitrogens is 2. The maximum absolute atomic E-state index is 11.5. The molecule has 1 aliphatic heterocycles. The van der Waals surface area contributed by atoms with Crippen LogP contribution in [0, 0.1) is 0 Å². The Morgan fingerprint density at radius 3 is 3.08 bits per heavy atom. The van der Waals surface area contributed by atoms with Crippen LogP contribution >= 0.6 is 0 Å². The molecule has 1 heterocycles. The fourth-order valence-corrected chi connectivity index (χ4v) is 1.62. The van der Waals surface area contributed by atoms with Gasteiger partial charge in [-0.2, -0.15) is 10.3 Å². The molecule has 0 amide bonds. The predicted octanol–water partition coefficient (Wildman–Crippen LogP) is 1.51. The van der Waals surface area contributed by atoms with E-state index in [0.717, 1.165) is 17.0 Å². The van der Waals surface area contributed by atoms with Crippen LogP contribution in [-0.2, 0) is 0 Å². The van der Waals surface area contributed by atoms with Crippen LogP contribution in [-0.4, -0.2) is 10.3 Å². The minimum absolute atomic E-state index is 0.0125. The van der Waals surface area contributed by atoms with Gasteiger partial charge in [0.2, 0.25) is 0 Å². The van der Waals surface area contributed by atoms with E-state index in [4.69, 9.17) is 4.63 Å². The van der Waals surface area contributed by atoms with Crippen molar-refractivity contribution in [3.8, 4) is 22.5 Å². The van der Waals surface area contributed by atoms with Crippen molar-refractivity contribution in [2.45, 2.75) is 0 Å². The predicted molar refractivity (Wildman–Crippen MR) is 46.9 cm³/mol. The summed E-state index contributed by atoms with van der Waals surface area (Å²) in [5, 5.41) is 5.32. The van der Waals surface area contributed by atoms with Crippen molar-refractivity contribution < 1.29 is 4.63 Å². The largest absolute Gasteiger partial charge is 0.296 e. The quantitative estimate of drug-likeness (QED) is 0.542. The van der Waals surface area contributed by atoms with Crippen LogP contribution in [0.3, 0.4) is 0 Å². The molecule has 0 unspecified atom stereocenters. The molecule has 0 atom stereocenters. The number of hydrogen-bond acceptors (Lipinski definition) is 2. The molecule has 0 aromatic heterocycles. The molecular formula is C9H6N2O2. The van der Waals surface area contributed by atoms with Gasteiger partial charge in [-0.25, -0.2) is 0 Å². The first-order valence-electron chi connectivity index (χ1n) is 3.93. The molecule has 3 rings (SSSR count). The lowest BCUT2D eigenvalue weighted by molar-refractivity contribution is 0.313. The molecule has 0 saturated carbocycles. The number of benzene rings is 1. The van der Waals surface area contributed by atoms with Crippen molar-refractivity contribution in [2.75, 3.05) is 0 Å².